The molecule has 0 aromatic carbocycles. The summed E-state index contributed by atoms with van der Waals surface area (Å²) in [5.41, 5.74) is 0.195. The number of carbonyl (C=O) groups is 2. The van der Waals surface area contributed by atoms with E-state index < -0.39 is 5.97 Å². The van der Waals surface area contributed by atoms with E-state index in [1.165, 1.54) is 17.2 Å². The van der Waals surface area contributed by atoms with Gasteiger partial charge < -0.3 is 10.0 Å². The standard InChI is InChI=1S/C13H15ClN2O3/c14-9-5-6-15-11(7-9)13(19)16(8-12(17)18)10-3-1-2-4-10/h5-7,10H,1-4,8H2,(H,17,18). The number of pyridine rings is 1. The Labute approximate surface area is 116 Å². The molecule has 102 valence electrons. The van der Waals surface area contributed by atoms with Gasteiger partial charge in [-0.3, -0.25) is 14.6 Å². The van der Waals surface area contributed by atoms with Crippen LogP contribution in [-0.4, -0.2) is 39.5 Å². The Morgan fingerprint density at radius 2 is 2.11 bits per heavy atom. The van der Waals surface area contributed by atoms with Gasteiger partial charge in [0.1, 0.15) is 12.2 Å². The number of aromatic nitrogens is 1. The van der Waals surface area contributed by atoms with Gasteiger partial charge >= 0.3 is 5.97 Å². The second-order valence-electron chi connectivity index (χ2n) is 4.62. The van der Waals surface area contributed by atoms with Crippen LogP contribution in [0.3, 0.4) is 0 Å². The van der Waals surface area contributed by atoms with Crippen molar-refractivity contribution in [3.63, 3.8) is 0 Å². The molecule has 1 aliphatic rings. The molecular formula is C13H15ClN2O3. The molecule has 5 nitrogen and oxygen atoms in total. The molecule has 0 radical (unpaired) electrons. The van der Waals surface area contributed by atoms with Crippen LogP contribution >= 0.6 is 11.6 Å². The van der Waals surface area contributed by atoms with E-state index in [2.05, 4.69) is 4.98 Å². The molecule has 0 aliphatic heterocycles. The van der Waals surface area contributed by atoms with Crippen LogP contribution in [0.4, 0.5) is 0 Å². The first-order chi connectivity index (χ1) is 9.08. The lowest BCUT2D eigenvalue weighted by Gasteiger charge is -2.27. The van der Waals surface area contributed by atoms with E-state index in [0.717, 1.165) is 25.7 Å². The molecule has 1 amide bonds. The predicted molar refractivity (Wildman–Crippen MR) is 70.2 cm³/mol. The van der Waals surface area contributed by atoms with Crippen LogP contribution in [0.25, 0.3) is 0 Å². The fourth-order valence-electron chi connectivity index (χ4n) is 2.40. The average molecular weight is 283 g/mol. The topological polar surface area (TPSA) is 70.5 Å². The van der Waals surface area contributed by atoms with Crippen molar-refractivity contribution in [2.24, 2.45) is 0 Å². The zero-order chi connectivity index (χ0) is 13.8. The molecule has 1 aliphatic carbocycles. The molecule has 1 aromatic heterocycles. The van der Waals surface area contributed by atoms with Crippen molar-refractivity contribution in [2.45, 2.75) is 31.7 Å². The molecule has 2 rings (SSSR count). The van der Waals surface area contributed by atoms with Crippen LogP contribution in [0.2, 0.25) is 5.02 Å². The summed E-state index contributed by atoms with van der Waals surface area (Å²) in [7, 11) is 0. The molecule has 1 aromatic rings. The van der Waals surface area contributed by atoms with Gasteiger partial charge in [-0.05, 0) is 25.0 Å². The number of hydrogen-bond donors (Lipinski definition) is 1. The van der Waals surface area contributed by atoms with Crippen LogP contribution in [0, 0.1) is 0 Å². The Balaban J connectivity index is 2.21. The molecule has 0 bridgehead atoms. The van der Waals surface area contributed by atoms with Gasteiger partial charge in [0.2, 0.25) is 0 Å². The summed E-state index contributed by atoms with van der Waals surface area (Å²) in [6.07, 6.45) is 5.19. The number of carboxylic acids is 1. The van der Waals surface area contributed by atoms with E-state index in [1.807, 2.05) is 0 Å². The molecule has 19 heavy (non-hydrogen) atoms. The second-order valence-corrected chi connectivity index (χ2v) is 5.06. The summed E-state index contributed by atoms with van der Waals surface area (Å²) in [6, 6.07) is 3.03. The summed E-state index contributed by atoms with van der Waals surface area (Å²) in [5, 5.41) is 9.37. The third kappa shape index (κ3) is 3.44. The van der Waals surface area contributed by atoms with E-state index in [9.17, 15) is 9.59 Å². The monoisotopic (exact) mass is 282 g/mol. The minimum Gasteiger partial charge on any atom is -0.480 e. The maximum Gasteiger partial charge on any atom is 0.323 e. The summed E-state index contributed by atoms with van der Waals surface area (Å²) in [6.45, 7) is -0.294. The zero-order valence-corrected chi connectivity index (χ0v) is 11.1. The summed E-state index contributed by atoms with van der Waals surface area (Å²) >= 11 is 5.83. The zero-order valence-electron chi connectivity index (χ0n) is 10.4. The smallest absolute Gasteiger partial charge is 0.323 e. The largest absolute Gasteiger partial charge is 0.480 e. The number of carboxylic acid groups (broad SMARTS) is 1. The van der Waals surface area contributed by atoms with Crippen LogP contribution in [-0.2, 0) is 4.79 Å². The maximum atomic E-state index is 12.4. The summed E-state index contributed by atoms with van der Waals surface area (Å²) in [5.74, 6) is -1.38. The molecule has 0 unspecified atom stereocenters. The van der Waals surface area contributed by atoms with Crippen LogP contribution in [0.1, 0.15) is 36.2 Å². The minimum absolute atomic E-state index is 0.00983. The Hall–Kier alpha value is -1.62. The first kappa shape index (κ1) is 13.8. The molecule has 0 spiro atoms. The Morgan fingerprint density at radius 1 is 1.42 bits per heavy atom. The van der Waals surface area contributed by atoms with E-state index in [1.54, 1.807) is 6.07 Å². The van der Waals surface area contributed by atoms with Crippen molar-refractivity contribution < 1.29 is 14.7 Å². The number of amides is 1. The van der Waals surface area contributed by atoms with E-state index in [-0.39, 0.29) is 24.2 Å². The van der Waals surface area contributed by atoms with Crippen molar-refractivity contribution >= 4 is 23.5 Å². The third-order valence-electron chi connectivity index (χ3n) is 3.27. The minimum atomic E-state index is -1.01. The van der Waals surface area contributed by atoms with Crippen molar-refractivity contribution in [1.82, 2.24) is 9.88 Å². The average Bonchev–Trinajstić information content (AvgIpc) is 2.88. The highest BCUT2D eigenvalue weighted by Crippen LogP contribution is 2.24. The molecule has 0 saturated heterocycles. The highest BCUT2D eigenvalue weighted by molar-refractivity contribution is 6.30. The molecular weight excluding hydrogens is 268 g/mol. The molecule has 1 saturated carbocycles. The molecule has 1 fully saturated rings. The van der Waals surface area contributed by atoms with Crippen molar-refractivity contribution in [1.29, 1.82) is 0 Å². The van der Waals surface area contributed by atoms with Crippen molar-refractivity contribution in [3.05, 3.63) is 29.0 Å². The lowest BCUT2D eigenvalue weighted by molar-refractivity contribution is -0.138. The lowest BCUT2D eigenvalue weighted by Crippen LogP contribution is -2.42. The highest BCUT2D eigenvalue weighted by atomic mass is 35.5. The Kier molecular flexibility index (Phi) is 4.37. The Bertz CT molecular complexity index is 487. The predicted octanol–water partition coefficient (Wildman–Crippen LogP) is 2.20. The summed E-state index contributed by atoms with van der Waals surface area (Å²) in [4.78, 5) is 28.7. The van der Waals surface area contributed by atoms with E-state index in [0.29, 0.717) is 5.02 Å². The number of rotatable bonds is 4. The van der Waals surface area contributed by atoms with Crippen LogP contribution < -0.4 is 0 Å². The van der Waals surface area contributed by atoms with Crippen LogP contribution in [0.5, 0.6) is 0 Å². The fraction of sp³-hybridized carbons (Fsp3) is 0.462. The quantitative estimate of drug-likeness (QED) is 0.919. The fourth-order valence-corrected chi connectivity index (χ4v) is 2.56. The molecule has 1 heterocycles. The number of nitrogens with zero attached hydrogens (tertiary/aromatic N) is 2. The first-order valence-electron chi connectivity index (χ1n) is 6.22. The van der Waals surface area contributed by atoms with Gasteiger partial charge in [-0.1, -0.05) is 24.4 Å². The maximum absolute atomic E-state index is 12.4. The van der Waals surface area contributed by atoms with Gasteiger partial charge in [0.05, 0.1) is 0 Å². The van der Waals surface area contributed by atoms with Gasteiger partial charge in [0, 0.05) is 17.3 Å². The lowest BCUT2D eigenvalue weighted by atomic mass is 10.2. The van der Waals surface area contributed by atoms with Gasteiger partial charge in [0.15, 0.2) is 0 Å². The van der Waals surface area contributed by atoms with Gasteiger partial charge in [-0.25, -0.2) is 0 Å². The number of halogens is 1. The molecule has 1 N–H and O–H groups in total. The first-order valence-corrected chi connectivity index (χ1v) is 6.60. The van der Waals surface area contributed by atoms with Crippen molar-refractivity contribution in [3.8, 4) is 0 Å². The van der Waals surface area contributed by atoms with E-state index >= 15 is 0 Å². The van der Waals surface area contributed by atoms with Crippen LogP contribution in [0.15, 0.2) is 18.3 Å². The molecule has 0 atom stereocenters. The SMILES string of the molecule is O=C(O)CN(C(=O)c1cc(Cl)ccn1)C1CCCC1. The number of hydrogen-bond acceptors (Lipinski definition) is 3. The molecule has 6 heteroatoms. The summed E-state index contributed by atoms with van der Waals surface area (Å²) < 4.78 is 0. The van der Waals surface area contributed by atoms with Crippen molar-refractivity contribution in [2.75, 3.05) is 6.54 Å². The van der Waals surface area contributed by atoms with Gasteiger partial charge in [-0.15, -0.1) is 0 Å². The van der Waals surface area contributed by atoms with Gasteiger partial charge in [-0.2, -0.15) is 0 Å². The Morgan fingerprint density at radius 3 is 2.68 bits per heavy atom. The normalized spacial score (nSPS) is 15.4. The number of aliphatic carboxylic acids is 1. The van der Waals surface area contributed by atoms with Gasteiger partial charge in [0.25, 0.3) is 5.91 Å². The highest BCUT2D eigenvalue weighted by Gasteiger charge is 2.29. The number of carbonyl (C=O) groups excluding carboxylic acids is 1. The third-order valence-corrected chi connectivity index (χ3v) is 3.51. The second kappa shape index (κ2) is 6.02. The van der Waals surface area contributed by atoms with E-state index in [4.69, 9.17) is 16.7 Å².